The van der Waals surface area contributed by atoms with Crippen LogP contribution in [0.15, 0.2) is 6.07 Å². The van der Waals surface area contributed by atoms with Gasteiger partial charge in [0.15, 0.2) is 5.75 Å². The van der Waals surface area contributed by atoms with Crippen molar-refractivity contribution in [2.45, 2.75) is 18.6 Å². The molecule has 1 heterocycles. The minimum absolute atomic E-state index is 0.218. The highest BCUT2D eigenvalue weighted by atomic mass is 127. The molecule has 0 aliphatic heterocycles. The summed E-state index contributed by atoms with van der Waals surface area (Å²) in [6.45, 7) is 1.55. The third-order valence-electron chi connectivity index (χ3n) is 1.54. The zero-order chi connectivity index (χ0) is 11.6. The van der Waals surface area contributed by atoms with Crippen molar-refractivity contribution in [3.63, 3.8) is 0 Å². The topological polar surface area (TPSA) is 22.1 Å². The molecule has 0 saturated heterocycles. The van der Waals surface area contributed by atoms with Gasteiger partial charge in [0.25, 0.3) is 0 Å². The summed E-state index contributed by atoms with van der Waals surface area (Å²) in [5, 5.41) is 0.218. The smallest absolute Gasteiger partial charge is 0.404 e. The summed E-state index contributed by atoms with van der Waals surface area (Å²) < 4.78 is 40.8. The molecule has 0 aliphatic rings. The van der Waals surface area contributed by atoms with Gasteiger partial charge in [0.1, 0.15) is 3.70 Å². The molecule has 0 fully saturated rings. The van der Waals surface area contributed by atoms with Gasteiger partial charge in [-0.15, -0.1) is 13.2 Å². The number of pyridine rings is 1. The summed E-state index contributed by atoms with van der Waals surface area (Å²) in [6, 6.07) is 1.54. The number of ether oxygens (including phenoxy) is 1. The molecule has 0 unspecified atom stereocenters. The predicted octanol–water partition coefficient (Wildman–Crippen LogP) is 3.79. The molecule has 0 amide bonds. The zero-order valence-corrected chi connectivity index (χ0v) is 11.3. The molecule has 2 nitrogen and oxygen atoms in total. The lowest BCUT2D eigenvalue weighted by molar-refractivity contribution is -0.275. The summed E-state index contributed by atoms with van der Waals surface area (Å²) in [4.78, 5) is 3.95. The van der Waals surface area contributed by atoms with Crippen LogP contribution in [0.1, 0.15) is 11.3 Å². The van der Waals surface area contributed by atoms with E-state index in [1.54, 1.807) is 6.92 Å². The minimum atomic E-state index is -4.68. The highest BCUT2D eigenvalue weighted by Gasteiger charge is 2.33. The van der Waals surface area contributed by atoms with Crippen molar-refractivity contribution >= 4 is 38.5 Å². The third-order valence-corrected chi connectivity index (χ3v) is 2.63. The van der Waals surface area contributed by atoms with E-state index in [1.165, 1.54) is 6.07 Å². The number of aromatic nitrogens is 1. The third kappa shape index (κ3) is 3.78. The number of halogens is 5. The molecule has 1 aromatic heterocycles. The maximum absolute atomic E-state index is 12.1. The van der Waals surface area contributed by atoms with Crippen LogP contribution in [0.5, 0.6) is 5.75 Å². The summed E-state index contributed by atoms with van der Waals surface area (Å²) in [7, 11) is 0. The van der Waals surface area contributed by atoms with Gasteiger partial charge in [0.2, 0.25) is 0 Å². The average Bonchev–Trinajstić information content (AvgIpc) is 2.07. The second-order valence-corrected chi connectivity index (χ2v) is 4.39. The maximum atomic E-state index is 12.1. The summed E-state index contributed by atoms with van der Waals surface area (Å²) in [5.41, 5.74) is 0.665. The Morgan fingerprint density at radius 2 is 2.13 bits per heavy atom. The van der Waals surface area contributed by atoms with Crippen LogP contribution in [0.4, 0.5) is 13.2 Å². The Hall–Kier alpha value is -0.0500. The Morgan fingerprint density at radius 3 is 2.60 bits per heavy atom. The van der Waals surface area contributed by atoms with Crippen molar-refractivity contribution in [3.8, 4) is 5.75 Å². The molecule has 7 heteroatoms. The molecule has 0 aliphatic carbocycles. The van der Waals surface area contributed by atoms with E-state index in [9.17, 15) is 13.2 Å². The van der Waals surface area contributed by atoms with Crippen LogP contribution in [0, 0.1) is 10.6 Å². The largest absolute Gasteiger partial charge is 0.573 e. The van der Waals surface area contributed by atoms with Gasteiger partial charge < -0.3 is 4.74 Å². The molecule has 0 saturated carbocycles. The van der Waals surface area contributed by atoms with Gasteiger partial charge >= 0.3 is 6.36 Å². The molecule has 84 valence electrons. The monoisotopic (exact) mass is 395 g/mol. The van der Waals surface area contributed by atoms with E-state index in [-0.39, 0.29) is 16.8 Å². The Balaban J connectivity index is 3.15. The number of rotatable bonds is 2. The Bertz CT molecular complexity index is 370. The van der Waals surface area contributed by atoms with Gasteiger partial charge in [0.05, 0.1) is 5.69 Å². The molecule has 1 aromatic rings. The second kappa shape index (κ2) is 4.86. The van der Waals surface area contributed by atoms with Gasteiger partial charge in [-0.3, -0.25) is 0 Å². The van der Waals surface area contributed by atoms with E-state index in [0.717, 1.165) is 0 Å². The summed E-state index contributed by atoms with van der Waals surface area (Å²) in [6.07, 6.45) is -4.68. The van der Waals surface area contributed by atoms with Crippen molar-refractivity contribution in [1.82, 2.24) is 4.98 Å². The van der Waals surface area contributed by atoms with Crippen LogP contribution in [0.25, 0.3) is 0 Å². The maximum Gasteiger partial charge on any atom is 0.573 e. The predicted molar refractivity (Wildman–Crippen MR) is 61.0 cm³/mol. The molecular weight excluding hydrogens is 390 g/mol. The minimum Gasteiger partial charge on any atom is -0.404 e. The first kappa shape index (κ1) is 13.0. The molecule has 0 aromatic carbocycles. The molecule has 15 heavy (non-hydrogen) atoms. The van der Waals surface area contributed by atoms with Crippen molar-refractivity contribution < 1.29 is 17.9 Å². The zero-order valence-electron chi connectivity index (χ0n) is 7.53. The van der Waals surface area contributed by atoms with Gasteiger partial charge in [-0.2, -0.15) is 0 Å². The summed E-state index contributed by atoms with van der Waals surface area (Å²) >= 11 is 5.01. The lowest BCUT2D eigenvalue weighted by Crippen LogP contribution is -2.19. The van der Waals surface area contributed by atoms with Crippen molar-refractivity contribution in [2.75, 3.05) is 0 Å². The Labute approximate surface area is 106 Å². The number of hydrogen-bond acceptors (Lipinski definition) is 2. The quantitative estimate of drug-likeness (QED) is 0.432. The Kier molecular flexibility index (Phi) is 4.21. The lowest BCUT2D eigenvalue weighted by Gasteiger charge is -2.14. The fraction of sp³-hybridized carbons (Fsp3) is 0.375. The van der Waals surface area contributed by atoms with Gasteiger partial charge in [-0.1, -0.05) is 15.9 Å². The van der Waals surface area contributed by atoms with Crippen LogP contribution in [-0.2, 0) is 5.33 Å². The number of hydrogen-bond donors (Lipinski definition) is 0. The standard InChI is InChI=1S/C8H6BrF3INO/c1-4-2-6(13)14-5(3-9)7(4)15-8(10,11)12/h2H,3H2,1H3. The van der Waals surface area contributed by atoms with Crippen LogP contribution in [0.3, 0.4) is 0 Å². The number of aryl methyl sites for hydroxylation is 1. The molecule has 0 N–H and O–H groups in total. The molecule has 1 rings (SSSR count). The first-order chi connectivity index (χ1) is 6.83. The average molecular weight is 396 g/mol. The fourth-order valence-corrected chi connectivity index (χ4v) is 2.17. The SMILES string of the molecule is Cc1cc(I)nc(CBr)c1OC(F)(F)F. The second-order valence-electron chi connectivity index (χ2n) is 2.72. The van der Waals surface area contributed by atoms with E-state index < -0.39 is 6.36 Å². The van der Waals surface area contributed by atoms with E-state index in [1.807, 2.05) is 22.6 Å². The van der Waals surface area contributed by atoms with Gasteiger partial charge in [-0.25, -0.2) is 4.98 Å². The van der Waals surface area contributed by atoms with Crippen molar-refractivity contribution in [3.05, 3.63) is 21.0 Å². The van der Waals surface area contributed by atoms with Crippen molar-refractivity contribution in [2.24, 2.45) is 0 Å². The fourth-order valence-electron chi connectivity index (χ4n) is 1.03. The molecular formula is C8H6BrF3INO. The number of nitrogens with zero attached hydrogens (tertiary/aromatic N) is 1. The molecule has 0 radical (unpaired) electrons. The lowest BCUT2D eigenvalue weighted by atomic mass is 10.2. The normalized spacial score (nSPS) is 11.6. The molecule has 0 atom stereocenters. The van der Waals surface area contributed by atoms with Crippen LogP contribution in [-0.4, -0.2) is 11.3 Å². The van der Waals surface area contributed by atoms with E-state index in [2.05, 4.69) is 25.7 Å². The van der Waals surface area contributed by atoms with Crippen molar-refractivity contribution in [1.29, 1.82) is 0 Å². The first-order valence-electron chi connectivity index (χ1n) is 3.81. The Morgan fingerprint density at radius 1 is 1.53 bits per heavy atom. The van der Waals surface area contributed by atoms with Crippen LogP contribution < -0.4 is 4.74 Å². The first-order valence-corrected chi connectivity index (χ1v) is 6.01. The van der Waals surface area contributed by atoms with Gasteiger partial charge in [0, 0.05) is 5.33 Å². The van der Waals surface area contributed by atoms with E-state index in [0.29, 0.717) is 9.26 Å². The highest BCUT2D eigenvalue weighted by Crippen LogP contribution is 2.30. The van der Waals surface area contributed by atoms with E-state index >= 15 is 0 Å². The molecule has 0 bridgehead atoms. The van der Waals surface area contributed by atoms with Gasteiger partial charge in [-0.05, 0) is 41.1 Å². The van der Waals surface area contributed by atoms with Crippen LogP contribution >= 0.6 is 38.5 Å². The number of alkyl halides is 4. The summed E-state index contributed by atoms with van der Waals surface area (Å²) in [5.74, 6) is -0.222. The molecule has 0 spiro atoms. The van der Waals surface area contributed by atoms with Crippen LogP contribution in [0.2, 0.25) is 0 Å². The highest BCUT2D eigenvalue weighted by molar-refractivity contribution is 14.1. The van der Waals surface area contributed by atoms with E-state index in [4.69, 9.17) is 0 Å².